The summed E-state index contributed by atoms with van der Waals surface area (Å²) >= 11 is 5.83. The van der Waals surface area contributed by atoms with Gasteiger partial charge in [-0.05, 0) is 24.8 Å². The van der Waals surface area contributed by atoms with Crippen LogP contribution in [0.1, 0.15) is 87.7 Å². The fourth-order valence-corrected chi connectivity index (χ4v) is 8.43. The predicted molar refractivity (Wildman–Crippen MR) is 191 cm³/mol. The van der Waals surface area contributed by atoms with Crippen molar-refractivity contribution in [3.8, 4) is 17.2 Å². The molecule has 0 bridgehead atoms. The molecule has 2 aliphatic heterocycles. The van der Waals surface area contributed by atoms with Crippen LogP contribution in [0, 0.1) is 16.7 Å². The Morgan fingerprint density at radius 3 is 2.59 bits per heavy atom. The van der Waals surface area contributed by atoms with Crippen molar-refractivity contribution in [3.05, 3.63) is 85.0 Å². The van der Waals surface area contributed by atoms with E-state index in [0.717, 1.165) is 6.92 Å². The highest BCUT2D eigenvalue weighted by Gasteiger charge is 2.57. The fraction of sp³-hybridized carbons (Fsp3) is 0.486. The van der Waals surface area contributed by atoms with Crippen LogP contribution in [0.3, 0.4) is 0 Å². The van der Waals surface area contributed by atoms with Crippen LogP contribution in [0.15, 0.2) is 24.4 Å². The van der Waals surface area contributed by atoms with Gasteiger partial charge in [0.15, 0.2) is 29.8 Å². The van der Waals surface area contributed by atoms with Gasteiger partial charge in [-0.2, -0.15) is 4.90 Å². The first-order valence-electron chi connectivity index (χ1n) is 17.7. The Balaban J connectivity index is 1.28. The Hall–Kier alpha value is -5.00. The normalized spacial score (nSPS) is 27.4. The van der Waals surface area contributed by atoms with Gasteiger partial charge in [0.2, 0.25) is 5.78 Å². The molecule has 3 aromatic rings. The summed E-state index contributed by atoms with van der Waals surface area (Å²) in [4.78, 5) is 61.3. The Morgan fingerprint density at radius 2 is 1.95 bits per heavy atom. The maximum atomic E-state index is 14.0. The van der Waals surface area contributed by atoms with Gasteiger partial charge in [-0.15, -0.1) is 11.6 Å². The third kappa shape index (κ3) is 6.19. The second kappa shape index (κ2) is 14.8. The molecule has 2 saturated heterocycles. The molecule has 19 heteroatoms. The Labute approximate surface area is 324 Å². The van der Waals surface area contributed by atoms with Crippen LogP contribution < -0.4 is 4.74 Å². The summed E-state index contributed by atoms with van der Waals surface area (Å²) in [5.74, 6) is -3.79. The first kappa shape index (κ1) is 39.2. The Bertz CT molecular complexity index is 2190. The topological polar surface area (TPSA) is 227 Å². The zero-order valence-corrected chi connectivity index (χ0v) is 31.4. The number of hydrogen-bond donors (Lipinski definition) is 3. The van der Waals surface area contributed by atoms with Crippen LogP contribution in [0.5, 0.6) is 17.2 Å². The van der Waals surface area contributed by atoms with Gasteiger partial charge in [-0.25, -0.2) is 11.1 Å². The number of nitro groups is 1. The number of fused-ring (bicyclic) bond motifs is 4. The van der Waals surface area contributed by atoms with E-state index in [1.54, 1.807) is 11.8 Å². The lowest BCUT2D eigenvalue weighted by molar-refractivity contribution is -0.396. The van der Waals surface area contributed by atoms with E-state index >= 15 is 0 Å². The number of methoxy groups -OCH3 is 1. The van der Waals surface area contributed by atoms with E-state index in [2.05, 4.69) is 9.83 Å². The number of aromatic nitrogens is 2. The van der Waals surface area contributed by atoms with Gasteiger partial charge < -0.3 is 49.1 Å². The number of benzene rings is 2. The molecule has 0 saturated carbocycles. The monoisotopic (exact) mass is 795 g/mol. The average molecular weight is 796 g/mol. The number of ether oxygens (including phenoxy) is 5. The number of hydrogen-bond acceptors (Lipinski definition) is 15. The molecular weight excluding hydrogens is 758 g/mol. The number of phenolic OH excluding ortho intramolecular Hbond substituents is 2. The number of phenols is 2. The number of imidazole rings is 1. The SMILES string of the molecule is [C-]#[N+]C(COCCCl)N1C(c2cnc([N+](=O)[O-])n2C)OC2C1C[C@H](O[C@H]1C[C@](O)(C(C)=O)Cc3c(O)c4c(c(O)c31)C(=O)c1c(OC)cccc1C4=O)O[C@H]2C. The maximum absolute atomic E-state index is 14.0. The number of carbonyl (C=O) groups excluding carboxylic acids is 3. The molecule has 4 unspecified atom stereocenters. The van der Waals surface area contributed by atoms with Gasteiger partial charge in [-0.3, -0.25) is 19.2 Å². The molecule has 3 N–H and O–H groups in total. The second-order valence-corrected chi connectivity index (χ2v) is 14.5. The summed E-state index contributed by atoms with van der Waals surface area (Å²) in [6.45, 7) is 11.0. The summed E-state index contributed by atoms with van der Waals surface area (Å²) < 4.78 is 31.5. The number of rotatable bonds is 11. The Kier molecular flexibility index (Phi) is 10.4. The number of halogens is 1. The molecule has 0 radical (unpaired) electrons. The summed E-state index contributed by atoms with van der Waals surface area (Å²) in [7, 11) is 2.78. The highest BCUT2D eigenvalue weighted by molar-refractivity contribution is 6.31. The molecule has 4 aliphatic rings. The largest absolute Gasteiger partial charge is 0.507 e. The number of nitrogens with zero attached hydrogens (tertiary/aromatic N) is 5. The molecule has 0 amide bonds. The molecule has 18 nitrogen and oxygen atoms in total. The van der Waals surface area contributed by atoms with Crippen LogP contribution in [0.4, 0.5) is 5.95 Å². The third-order valence-electron chi connectivity index (χ3n) is 11.0. The summed E-state index contributed by atoms with van der Waals surface area (Å²) in [6, 6.07) is 3.73. The minimum absolute atomic E-state index is 0.00299. The molecule has 2 aliphatic carbocycles. The summed E-state index contributed by atoms with van der Waals surface area (Å²) in [6.07, 6.45) is -5.63. The van der Waals surface area contributed by atoms with Crippen molar-refractivity contribution in [3.63, 3.8) is 0 Å². The molecule has 7 rings (SSSR count). The van der Waals surface area contributed by atoms with Crippen molar-refractivity contribution in [2.45, 2.75) is 81.7 Å². The molecule has 2 fully saturated rings. The van der Waals surface area contributed by atoms with Crippen molar-refractivity contribution in [1.82, 2.24) is 14.5 Å². The van der Waals surface area contributed by atoms with E-state index in [9.17, 15) is 39.8 Å². The highest BCUT2D eigenvalue weighted by Crippen LogP contribution is 2.53. The van der Waals surface area contributed by atoms with Crippen LogP contribution >= 0.6 is 11.6 Å². The van der Waals surface area contributed by atoms with Crippen molar-refractivity contribution in [2.24, 2.45) is 7.05 Å². The first-order valence-corrected chi connectivity index (χ1v) is 18.2. The zero-order chi connectivity index (χ0) is 40.4. The third-order valence-corrected chi connectivity index (χ3v) is 11.2. The minimum Gasteiger partial charge on any atom is -0.507 e. The average Bonchev–Trinajstić information content (AvgIpc) is 3.73. The predicted octanol–water partition coefficient (Wildman–Crippen LogP) is 3.25. The van der Waals surface area contributed by atoms with E-state index in [1.807, 2.05) is 0 Å². The lowest BCUT2D eigenvalue weighted by Crippen LogP contribution is -2.53. The van der Waals surface area contributed by atoms with Gasteiger partial charge in [-0.1, -0.05) is 17.1 Å². The molecule has 56 heavy (non-hydrogen) atoms. The van der Waals surface area contributed by atoms with Gasteiger partial charge >= 0.3 is 12.1 Å². The first-order chi connectivity index (χ1) is 26.7. The zero-order valence-electron chi connectivity index (χ0n) is 30.6. The smallest absolute Gasteiger partial charge is 0.434 e. The molecule has 8 atom stereocenters. The van der Waals surface area contributed by atoms with Gasteiger partial charge in [0.05, 0.1) is 55.7 Å². The van der Waals surface area contributed by atoms with Crippen molar-refractivity contribution >= 4 is 34.9 Å². The molecule has 2 aromatic carbocycles. The van der Waals surface area contributed by atoms with E-state index in [4.69, 9.17) is 41.9 Å². The quantitative estimate of drug-likeness (QED) is 0.0495. The van der Waals surface area contributed by atoms with Gasteiger partial charge in [0.1, 0.15) is 41.8 Å². The molecular formula is C37H38ClN5O13. The van der Waals surface area contributed by atoms with Crippen LogP contribution in [0.2, 0.25) is 0 Å². The van der Waals surface area contributed by atoms with E-state index in [0.29, 0.717) is 0 Å². The lowest BCUT2D eigenvalue weighted by Gasteiger charge is -2.42. The lowest BCUT2D eigenvalue weighted by atomic mass is 9.72. The molecule has 0 spiro atoms. The number of Topliss-reactive ketones (excluding diaryl/α,β-unsaturated/α-hetero) is 1. The summed E-state index contributed by atoms with van der Waals surface area (Å²) in [5.41, 5.74) is -3.24. The Morgan fingerprint density at radius 1 is 1.21 bits per heavy atom. The number of alkyl halides is 1. The number of aromatic hydroxyl groups is 2. The van der Waals surface area contributed by atoms with Crippen molar-refractivity contribution in [1.29, 1.82) is 0 Å². The van der Waals surface area contributed by atoms with E-state index in [-0.39, 0.29) is 59.2 Å². The summed E-state index contributed by atoms with van der Waals surface area (Å²) in [5, 5.41) is 47.0. The second-order valence-electron chi connectivity index (χ2n) is 14.1. The van der Waals surface area contributed by atoms with Crippen molar-refractivity contribution in [2.75, 3.05) is 26.2 Å². The fourth-order valence-electron chi connectivity index (χ4n) is 8.32. The highest BCUT2D eigenvalue weighted by atomic mass is 35.5. The minimum atomic E-state index is -2.13. The number of carbonyl (C=O) groups is 3. The molecule has 1 aromatic heterocycles. The van der Waals surface area contributed by atoms with Gasteiger partial charge in [0, 0.05) is 41.8 Å². The van der Waals surface area contributed by atoms with Crippen LogP contribution in [-0.4, -0.2) is 115 Å². The number of ketones is 3. The van der Waals surface area contributed by atoms with Gasteiger partial charge in [0.25, 0.3) is 0 Å². The maximum Gasteiger partial charge on any atom is 0.434 e. The van der Waals surface area contributed by atoms with Crippen LogP contribution in [0.25, 0.3) is 4.85 Å². The van der Waals surface area contributed by atoms with E-state index in [1.165, 1.54) is 43.1 Å². The molecule has 296 valence electrons. The van der Waals surface area contributed by atoms with Crippen LogP contribution in [-0.2, 0) is 37.2 Å². The molecule has 3 heterocycles. The number of aliphatic hydroxyl groups is 1. The van der Waals surface area contributed by atoms with Crippen molar-refractivity contribution < 1.29 is 58.3 Å². The standard InChI is InChI=1S/C37H38ClN5O13/c1-16-34-20(42(24(39-3)15-53-10-9-38)35(56-34)21-14-40-36(41(21)4)43(50)51)11-25(54-16)55-23-13-37(49,17(2)44)12-19-27(23)33(48)29-28(31(19)46)30(45)18-7-6-8-22(52-5)26(18)32(29)47/h6-8,14,16,20,23-25,34-35,46,48-49H,9-13,15H2,1-2,4-5H3/t16-,20?,23-,24?,25-,34?,35?,37-/m0/s1. The van der Waals surface area contributed by atoms with E-state index < -0.39 is 112 Å².